The second kappa shape index (κ2) is 9.33. The molecule has 2 nitrogen and oxygen atoms in total. The first-order chi connectivity index (χ1) is 13.0. The Morgan fingerprint density at radius 1 is 1.11 bits per heavy atom. The Bertz CT molecular complexity index is 993. The van der Waals surface area contributed by atoms with E-state index >= 15 is 0 Å². The summed E-state index contributed by atoms with van der Waals surface area (Å²) in [6.45, 7) is 18.3. The summed E-state index contributed by atoms with van der Waals surface area (Å²) in [7, 11) is 0. The van der Waals surface area contributed by atoms with Crippen molar-refractivity contribution in [3.05, 3.63) is 77.3 Å². The Balaban J connectivity index is 0.00000126. The van der Waals surface area contributed by atoms with Crippen molar-refractivity contribution in [3.8, 4) is 0 Å². The third-order valence-corrected chi connectivity index (χ3v) is 5.18. The SMILES string of the molecule is C=C(C)c1nc2cc(NC(=C)c3ccc(/C=C/C)cc3C)ccc2s1.CC. The maximum absolute atomic E-state index is 4.64. The third kappa shape index (κ3) is 4.95. The van der Waals surface area contributed by atoms with Crippen molar-refractivity contribution in [1.29, 1.82) is 0 Å². The minimum atomic E-state index is 0.888. The maximum atomic E-state index is 4.64. The van der Waals surface area contributed by atoms with Gasteiger partial charge in [0.1, 0.15) is 5.01 Å². The molecule has 0 unspecified atom stereocenters. The van der Waals surface area contributed by atoms with Crippen LogP contribution in [0.1, 0.15) is 49.4 Å². The van der Waals surface area contributed by atoms with Crippen LogP contribution in [0.25, 0.3) is 27.6 Å². The molecule has 0 aliphatic rings. The molecule has 0 aliphatic heterocycles. The fourth-order valence-corrected chi connectivity index (χ4v) is 3.62. The zero-order valence-corrected chi connectivity index (χ0v) is 17.7. The Labute approximate surface area is 167 Å². The second-order valence-corrected chi connectivity index (χ2v) is 7.19. The standard InChI is InChI=1S/C22H22N2S.C2H6/c1-6-7-17-8-10-19(15(4)12-17)16(5)23-18-9-11-21-20(13-18)24-22(25-21)14(2)3;1-2/h6-13,23H,2,5H2,1,3-4H3;1-2H3/b7-6+;. The Kier molecular flexibility index (Phi) is 7.14. The van der Waals surface area contributed by atoms with Crippen LogP contribution in [-0.2, 0) is 0 Å². The van der Waals surface area contributed by atoms with E-state index in [4.69, 9.17) is 0 Å². The van der Waals surface area contributed by atoms with Gasteiger partial charge in [0.25, 0.3) is 0 Å². The zero-order chi connectivity index (χ0) is 20.0. The van der Waals surface area contributed by atoms with Gasteiger partial charge in [0.2, 0.25) is 0 Å². The number of nitrogens with one attached hydrogen (secondary N) is 1. The molecule has 140 valence electrons. The van der Waals surface area contributed by atoms with Crippen LogP contribution in [0, 0.1) is 6.92 Å². The van der Waals surface area contributed by atoms with Crippen LogP contribution < -0.4 is 5.32 Å². The number of aryl methyl sites for hydroxylation is 1. The number of fused-ring (bicyclic) bond motifs is 1. The predicted molar refractivity (Wildman–Crippen MR) is 124 cm³/mol. The van der Waals surface area contributed by atoms with Gasteiger partial charge in [-0.1, -0.05) is 57.4 Å². The van der Waals surface area contributed by atoms with E-state index in [1.807, 2.05) is 33.8 Å². The fraction of sp³-hybridized carbons (Fsp3) is 0.208. The van der Waals surface area contributed by atoms with Crippen molar-refractivity contribution >= 4 is 44.6 Å². The number of hydrogen-bond acceptors (Lipinski definition) is 3. The summed E-state index contributed by atoms with van der Waals surface area (Å²) in [4.78, 5) is 4.64. The first-order valence-corrected chi connectivity index (χ1v) is 10.1. The highest BCUT2D eigenvalue weighted by Gasteiger charge is 2.08. The van der Waals surface area contributed by atoms with Crippen LogP contribution in [0.15, 0.2) is 55.6 Å². The normalized spacial score (nSPS) is 10.6. The fourth-order valence-electron chi connectivity index (χ4n) is 2.75. The summed E-state index contributed by atoms with van der Waals surface area (Å²) in [5.74, 6) is 0. The molecule has 0 spiro atoms. The van der Waals surface area contributed by atoms with Gasteiger partial charge >= 0.3 is 0 Å². The lowest BCUT2D eigenvalue weighted by Crippen LogP contribution is -1.99. The van der Waals surface area contributed by atoms with Gasteiger partial charge < -0.3 is 5.32 Å². The molecule has 1 aromatic heterocycles. The van der Waals surface area contributed by atoms with Crippen molar-refractivity contribution < 1.29 is 0 Å². The van der Waals surface area contributed by atoms with Crippen molar-refractivity contribution in [2.75, 3.05) is 5.32 Å². The molecule has 3 heteroatoms. The molecule has 3 rings (SSSR count). The molecular formula is C24H28N2S. The van der Waals surface area contributed by atoms with E-state index in [0.29, 0.717) is 0 Å². The summed E-state index contributed by atoms with van der Waals surface area (Å²) >= 11 is 1.67. The van der Waals surface area contributed by atoms with Crippen LogP contribution in [0.5, 0.6) is 0 Å². The molecule has 3 aromatic rings. The zero-order valence-electron chi connectivity index (χ0n) is 16.9. The summed E-state index contributed by atoms with van der Waals surface area (Å²) in [5.41, 5.74) is 7.39. The van der Waals surface area contributed by atoms with Crippen LogP contribution in [0.2, 0.25) is 0 Å². The van der Waals surface area contributed by atoms with E-state index in [1.54, 1.807) is 11.3 Å². The van der Waals surface area contributed by atoms with Crippen molar-refractivity contribution in [3.63, 3.8) is 0 Å². The molecule has 0 fully saturated rings. The van der Waals surface area contributed by atoms with Crippen LogP contribution in [-0.4, -0.2) is 4.98 Å². The topological polar surface area (TPSA) is 24.9 Å². The Hall–Kier alpha value is -2.65. The number of rotatable bonds is 5. The lowest BCUT2D eigenvalue weighted by Gasteiger charge is -2.13. The number of allylic oxidation sites excluding steroid dienone is 2. The summed E-state index contributed by atoms with van der Waals surface area (Å²) in [6, 6.07) is 12.6. The van der Waals surface area contributed by atoms with E-state index in [9.17, 15) is 0 Å². The molecule has 0 radical (unpaired) electrons. The van der Waals surface area contributed by atoms with Gasteiger partial charge in [0.05, 0.1) is 10.2 Å². The van der Waals surface area contributed by atoms with E-state index in [2.05, 4.69) is 72.9 Å². The molecule has 0 amide bonds. The first-order valence-electron chi connectivity index (χ1n) is 9.24. The van der Waals surface area contributed by atoms with Crippen LogP contribution >= 0.6 is 11.3 Å². The molecule has 2 aromatic carbocycles. The lowest BCUT2D eigenvalue weighted by atomic mass is 10.0. The third-order valence-electron chi connectivity index (χ3n) is 3.98. The van der Waals surface area contributed by atoms with Crippen LogP contribution in [0.3, 0.4) is 0 Å². The summed E-state index contributed by atoms with van der Waals surface area (Å²) in [5, 5.41) is 4.40. The van der Waals surface area contributed by atoms with Crippen molar-refractivity contribution in [2.45, 2.75) is 34.6 Å². The highest BCUT2D eigenvalue weighted by molar-refractivity contribution is 7.19. The molecule has 0 saturated carbocycles. The van der Waals surface area contributed by atoms with Gasteiger partial charge in [-0.15, -0.1) is 11.3 Å². The molecular weight excluding hydrogens is 348 g/mol. The Morgan fingerprint density at radius 2 is 1.85 bits per heavy atom. The quantitative estimate of drug-likeness (QED) is 0.492. The Morgan fingerprint density at radius 3 is 2.48 bits per heavy atom. The number of thiazole rings is 1. The molecule has 1 heterocycles. The van der Waals surface area contributed by atoms with Gasteiger partial charge in [0, 0.05) is 16.9 Å². The van der Waals surface area contributed by atoms with Gasteiger partial charge in [-0.2, -0.15) is 0 Å². The van der Waals surface area contributed by atoms with Gasteiger partial charge in [-0.3, -0.25) is 0 Å². The number of hydrogen-bond donors (Lipinski definition) is 1. The number of anilines is 1. The average molecular weight is 377 g/mol. The molecule has 1 N–H and O–H groups in total. The molecule has 0 bridgehead atoms. The highest BCUT2D eigenvalue weighted by Crippen LogP contribution is 2.29. The minimum absolute atomic E-state index is 0.888. The monoisotopic (exact) mass is 376 g/mol. The maximum Gasteiger partial charge on any atom is 0.119 e. The van der Waals surface area contributed by atoms with Gasteiger partial charge in [-0.05, 0) is 55.7 Å². The van der Waals surface area contributed by atoms with E-state index in [0.717, 1.165) is 33.0 Å². The molecule has 0 aliphatic carbocycles. The highest BCUT2D eigenvalue weighted by atomic mass is 32.1. The molecule has 27 heavy (non-hydrogen) atoms. The smallest absolute Gasteiger partial charge is 0.119 e. The number of aromatic nitrogens is 1. The first kappa shape index (κ1) is 20.7. The van der Waals surface area contributed by atoms with Crippen molar-refractivity contribution in [1.82, 2.24) is 4.98 Å². The van der Waals surface area contributed by atoms with Gasteiger partial charge in [-0.25, -0.2) is 4.98 Å². The van der Waals surface area contributed by atoms with E-state index in [-0.39, 0.29) is 0 Å². The summed E-state index contributed by atoms with van der Waals surface area (Å²) in [6.07, 6.45) is 4.14. The van der Waals surface area contributed by atoms with Gasteiger partial charge in [0.15, 0.2) is 0 Å². The van der Waals surface area contributed by atoms with E-state index in [1.165, 1.54) is 15.8 Å². The number of benzene rings is 2. The molecule has 0 saturated heterocycles. The molecule has 0 atom stereocenters. The minimum Gasteiger partial charge on any atom is -0.355 e. The lowest BCUT2D eigenvalue weighted by molar-refractivity contribution is 1.39. The predicted octanol–water partition coefficient (Wildman–Crippen LogP) is 7.78. The summed E-state index contributed by atoms with van der Waals surface area (Å²) < 4.78 is 1.17. The second-order valence-electron chi connectivity index (χ2n) is 6.16. The van der Waals surface area contributed by atoms with E-state index < -0.39 is 0 Å². The van der Waals surface area contributed by atoms with Crippen LogP contribution in [0.4, 0.5) is 5.69 Å². The number of nitrogens with zero attached hydrogens (tertiary/aromatic N) is 1. The average Bonchev–Trinajstić information content (AvgIpc) is 3.07. The van der Waals surface area contributed by atoms with Crippen molar-refractivity contribution in [2.24, 2.45) is 0 Å². The largest absolute Gasteiger partial charge is 0.355 e.